The van der Waals surface area contributed by atoms with Gasteiger partial charge in [-0.05, 0) is 56.3 Å². The van der Waals surface area contributed by atoms with Crippen LogP contribution in [0.3, 0.4) is 0 Å². The molecule has 0 aromatic heterocycles. The standard InChI is InChI=1S/C12H14O4.C8H6O4/c1-3-15-11(13)9-6-5-7-10(8-9)12(14)16-4-2;9-7(10)5-1-2-6(4-3-5)8(11)12/h5-8H,3-4H2,1-2H3;1-4H,(H,9,10)(H,11,12). The van der Waals surface area contributed by atoms with Gasteiger partial charge in [-0.3, -0.25) is 0 Å². The summed E-state index contributed by atoms with van der Waals surface area (Å²) in [5.41, 5.74) is 0.875. The summed E-state index contributed by atoms with van der Waals surface area (Å²) < 4.78 is 9.66. The van der Waals surface area contributed by atoms with Gasteiger partial charge in [0.2, 0.25) is 0 Å². The zero-order valence-corrected chi connectivity index (χ0v) is 15.4. The van der Waals surface area contributed by atoms with Gasteiger partial charge in [0.1, 0.15) is 0 Å². The summed E-state index contributed by atoms with van der Waals surface area (Å²) in [4.78, 5) is 43.5. The molecule has 0 bridgehead atoms. The van der Waals surface area contributed by atoms with Gasteiger partial charge in [-0.15, -0.1) is 0 Å². The number of hydrogen-bond donors (Lipinski definition) is 2. The number of benzene rings is 2. The van der Waals surface area contributed by atoms with E-state index in [-0.39, 0.29) is 11.1 Å². The fourth-order valence-electron chi connectivity index (χ4n) is 1.96. The first-order chi connectivity index (χ1) is 13.3. The van der Waals surface area contributed by atoms with E-state index in [0.717, 1.165) is 0 Å². The SMILES string of the molecule is CCOC(=O)c1cccc(C(=O)OCC)c1.O=C(O)c1ccc(C(=O)O)cc1. The summed E-state index contributed by atoms with van der Waals surface area (Å²) in [6, 6.07) is 11.3. The van der Waals surface area contributed by atoms with Crippen molar-refractivity contribution in [2.45, 2.75) is 13.8 Å². The summed E-state index contributed by atoms with van der Waals surface area (Å²) >= 11 is 0. The first-order valence-electron chi connectivity index (χ1n) is 8.31. The molecule has 0 aliphatic heterocycles. The Morgan fingerprint density at radius 3 is 1.32 bits per heavy atom. The molecule has 148 valence electrons. The molecule has 0 atom stereocenters. The van der Waals surface area contributed by atoms with E-state index < -0.39 is 23.9 Å². The van der Waals surface area contributed by atoms with Crippen molar-refractivity contribution in [2.75, 3.05) is 13.2 Å². The molecule has 0 heterocycles. The number of carbonyl (C=O) groups excluding carboxylic acids is 2. The molecular formula is C20H20O8. The molecule has 0 aliphatic carbocycles. The molecule has 0 amide bonds. The molecule has 2 rings (SSSR count). The second-order valence-electron chi connectivity index (χ2n) is 5.21. The summed E-state index contributed by atoms with van der Waals surface area (Å²) in [5.74, 6) is -3.00. The lowest BCUT2D eigenvalue weighted by Gasteiger charge is -2.04. The summed E-state index contributed by atoms with van der Waals surface area (Å²) in [6.07, 6.45) is 0. The molecule has 0 fully saturated rings. The van der Waals surface area contributed by atoms with Gasteiger partial charge in [-0.1, -0.05) is 6.07 Å². The Morgan fingerprint density at radius 2 is 1.04 bits per heavy atom. The van der Waals surface area contributed by atoms with Crippen LogP contribution in [-0.4, -0.2) is 47.3 Å². The Morgan fingerprint density at radius 1 is 0.679 bits per heavy atom. The van der Waals surface area contributed by atoms with Crippen molar-refractivity contribution in [3.63, 3.8) is 0 Å². The number of esters is 2. The Hall–Kier alpha value is -3.68. The van der Waals surface area contributed by atoms with Crippen molar-refractivity contribution in [1.82, 2.24) is 0 Å². The van der Waals surface area contributed by atoms with Crippen LogP contribution in [-0.2, 0) is 9.47 Å². The lowest BCUT2D eigenvalue weighted by Crippen LogP contribution is -2.08. The predicted molar refractivity (Wildman–Crippen MR) is 98.7 cm³/mol. The monoisotopic (exact) mass is 388 g/mol. The Labute approximate surface area is 161 Å². The van der Waals surface area contributed by atoms with Crippen LogP contribution >= 0.6 is 0 Å². The Balaban J connectivity index is 0.000000292. The number of ether oxygens (including phenoxy) is 2. The van der Waals surface area contributed by atoms with Crippen LogP contribution in [0, 0.1) is 0 Å². The smallest absolute Gasteiger partial charge is 0.338 e. The highest BCUT2D eigenvalue weighted by atomic mass is 16.5. The van der Waals surface area contributed by atoms with Crippen molar-refractivity contribution < 1.29 is 38.9 Å². The van der Waals surface area contributed by atoms with E-state index in [9.17, 15) is 19.2 Å². The fourth-order valence-corrected chi connectivity index (χ4v) is 1.96. The molecule has 0 spiro atoms. The van der Waals surface area contributed by atoms with Gasteiger partial charge in [-0.25, -0.2) is 19.2 Å². The van der Waals surface area contributed by atoms with Gasteiger partial charge in [0.25, 0.3) is 0 Å². The van der Waals surface area contributed by atoms with Gasteiger partial charge >= 0.3 is 23.9 Å². The van der Waals surface area contributed by atoms with Crippen LogP contribution in [0.25, 0.3) is 0 Å². The minimum absolute atomic E-state index is 0.0833. The van der Waals surface area contributed by atoms with Gasteiger partial charge in [0, 0.05) is 0 Å². The van der Waals surface area contributed by atoms with Crippen LogP contribution in [0.1, 0.15) is 55.3 Å². The van der Waals surface area contributed by atoms with E-state index in [1.165, 1.54) is 30.3 Å². The molecule has 0 aliphatic rings. The summed E-state index contributed by atoms with van der Waals surface area (Å²) in [5, 5.41) is 16.9. The molecule has 2 aromatic carbocycles. The molecule has 0 unspecified atom stereocenters. The molecule has 8 heteroatoms. The maximum absolute atomic E-state index is 11.4. The maximum Gasteiger partial charge on any atom is 0.338 e. The first-order valence-corrected chi connectivity index (χ1v) is 8.31. The first kappa shape index (κ1) is 22.4. The molecule has 0 saturated heterocycles. The quantitative estimate of drug-likeness (QED) is 0.723. The van der Waals surface area contributed by atoms with E-state index in [2.05, 4.69) is 0 Å². The minimum Gasteiger partial charge on any atom is -0.478 e. The van der Waals surface area contributed by atoms with Crippen LogP contribution < -0.4 is 0 Å². The second-order valence-corrected chi connectivity index (χ2v) is 5.21. The zero-order chi connectivity index (χ0) is 21.1. The lowest BCUT2D eigenvalue weighted by atomic mass is 10.1. The minimum atomic E-state index is -1.06. The van der Waals surface area contributed by atoms with E-state index in [4.69, 9.17) is 19.7 Å². The number of hydrogen-bond acceptors (Lipinski definition) is 6. The molecule has 0 saturated carbocycles. The molecule has 28 heavy (non-hydrogen) atoms. The van der Waals surface area contributed by atoms with Gasteiger partial charge < -0.3 is 19.7 Å². The van der Waals surface area contributed by atoms with Crippen molar-refractivity contribution in [2.24, 2.45) is 0 Å². The third kappa shape index (κ3) is 6.91. The third-order valence-electron chi connectivity index (χ3n) is 3.26. The lowest BCUT2D eigenvalue weighted by molar-refractivity contribution is 0.0523. The van der Waals surface area contributed by atoms with E-state index in [1.54, 1.807) is 32.0 Å². The largest absolute Gasteiger partial charge is 0.478 e. The molecule has 0 radical (unpaired) electrons. The van der Waals surface area contributed by atoms with Gasteiger partial charge in [0.15, 0.2) is 0 Å². The van der Waals surface area contributed by atoms with Crippen LogP contribution in [0.15, 0.2) is 48.5 Å². The predicted octanol–water partition coefficient (Wildman–Crippen LogP) is 3.12. The van der Waals surface area contributed by atoms with E-state index in [1.807, 2.05) is 0 Å². The van der Waals surface area contributed by atoms with Crippen LogP contribution in [0.5, 0.6) is 0 Å². The Bertz CT molecular complexity index is 773. The second kappa shape index (κ2) is 11.1. The zero-order valence-electron chi connectivity index (χ0n) is 15.4. The highest BCUT2D eigenvalue weighted by Gasteiger charge is 2.11. The topological polar surface area (TPSA) is 127 Å². The van der Waals surface area contributed by atoms with Crippen molar-refractivity contribution >= 4 is 23.9 Å². The average Bonchev–Trinajstić information content (AvgIpc) is 2.69. The molecular weight excluding hydrogens is 368 g/mol. The normalized spacial score (nSPS) is 9.50. The summed E-state index contributed by atoms with van der Waals surface area (Å²) in [6.45, 7) is 4.07. The number of aromatic carboxylic acids is 2. The molecule has 8 nitrogen and oxygen atoms in total. The number of carbonyl (C=O) groups is 4. The van der Waals surface area contributed by atoms with Gasteiger partial charge in [0.05, 0.1) is 35.5 Å². The van der Waals surface area contributed by atoms with Gasteiger partial charge in [-0.2, -0.15) is 0 Å². The van der Waals surface area contributed by atoms with Crippen molar-refractivity contribution in [3.05, 3.63) is 70.8 Å². The molecule has 2 aromatic rings. The van der Waals surface area contributed by atoms with E-state index in [0.29, 0.717) is 24.3 Å². The fraction of sp³-hybridized carbons (Fsp3) is 0.200. The number of carboxylic acid groups (broad SMARTS) is 2. The van der Waals surface area contributed by atoms with Crippen molar-refractivity contribution in [1.29, 1.82) is 0 Å². The average molecular weight is 388 g/mol. The third-order valence-corrected chi connectivity index (χ3v) is 3.26. The highest BCUT2D eigenvalue weighted by molar-refractivity contribution is 5.95. The van der Waals surface area contributed by atoms with Crippen LogP contribution in [0.4, 0.5) is 0 Å². The maximum atomic E-state index is 11.4. The van der Waals surface area contributed by atoms with Crippen LogP contribution in [0.2, 0.25) is 0 Å². The Kier molecular flexibility index (Phi) is 8.88. The van der Waals surface area contributed by atoms with Crippen molar-refractivity contribution in [3.8, 4) is 0 Å². The number of rotatable bonds is 6. The number of carboxylic acids is 2. The summed E-state index contributed by atoms with van der Waals surface area (Å²) in [7, 11) is 0. The highest BCUT2D eigenvalue weighted by Crippen LogP contribution is 2.08. The van der Waals surface area contributed by atoms with E-state index >= 15 is 0 Å². The molecule has 2 N–H and O–H groups in total.